The molecule has 0 spiro atoms. The molecular formula is C9H19N. The van der Waals surface area contributed by atoms with E-state index in [1.807, 2.05) is 0 Å². The van der Waals surface area contributed by atoms with Gasteiger partial charge in [0.05, 0.1) is 0 Å². The molecule has 60 valence electrons. The highest BCUT2D eigenvalue weighted by Gasteiger charge is 2.15. The van der Waals surface area contributed by atoms with Crippen LogP contribution in [0.25, 0.3) is 0 Å². The lowest BCUT2D eigenvalue weighted by Gasteiger charge is -2.12. The molecule has 1 aliphatic rings. The first-order valence-corrected chi connectivity index (χ1v) is 4.53. The zero-order chi connectivity index (χ0) is 7.40. The molecule has 0 bridgehead atoms. The summed E-state index contributed by atoms with van der Waals surface area (Å²) >= 11 is 0. The highest BCUT2D eigenvalue weighted by molar-refractivity contribution is 4.72. The molecule has 0 aromatic heterocycles. The standard InChI is InChI=1S/C9H19N/c1-3-8(2)6-9-4-5-10-7-9/h8-10H,3-7H2,1-2H3/t8-,9+/m0/s1. The van der Waals surface area contributed by atoms with Crippen molar-refractivity contribution in [3.05, 3.63) is 0 Å². The Bertz CT molecular complexity index is 84.7. The largest absolute Gasteiger partial charge is 0.316 e. The van der Waals surface area contributed by atoms with Crippen molar-refractivity contribution < 1.29 is 0 Å². The summed E-state index contributed by atoms with van der Waals surface area (Å²) in [4.78, 5) is 0. The van der Waals surface area contributed by atoms with Gasteiger partial charge < -0.3 is 5.32 Å². The van der Waals surface area contributed by atoms with Crippen LogP contribution in [0.1, 0.15) is 33.1 Å². The second kappa shape index (κ2) is 3.97. The summed E-state index contributed by atoms with van der Waals surface area (Å²) in [6, 6.07) is 0. The average Bonchev–Trinajstić information content (AvgIpc) is 2.40. The first kappa shape index (κ1) is 8.06. The Morgan fingerprint density at radius 2 is 2.40 bits per heavy atom. The zero-order valence-electron chi connectivity index (χ0n) is 7.19. The molecule has 0 saturated carbocycles. The third kappa shape index (κ3) is 2.30. The van der Waals surface area contributed by atoms with Gasteiger partial charge in [-0.05, 0) is 37.8 Å². The fourth-order valence-corrected chi connectivity index (χ4v) is 1.65. The van der Waals surface area contributed by atoms with Crippen molar-refractivity contribution in [2.24, 2.45) is 11.8 Å². The van der Waals surface area contributed by atoms with E-state index >= 15 is 0 Å². The number of hydrogen-bond acceptors (Lipinski definition) is 1. The molecule has 0 radical (unpaired) electrons. The van der Waals surface area contributed by atoms with E-state index in [-0.39, 0.29) is 0 Å². The van der Waals surface area contributed by atoms with Gasteiger partial charge in [0.2, 0.25) is 0 Å². The van der Waals surface area contributed by atoms with Crippen molar-refractivity contribution in [1.29, 1.82) is 0 Å². The van der Waals surface area contributed by atoms with E-state index in [1.165, 1.54) is 32.4 Å². The molecule has 1 heteroatoms. The summed E-state index contributed by atoms with van der Waals surface area (Å²) in [5.41, 5.74) is 0. The number of hydrogen-bond donors (Lipinski definition) is 1. The predicted molar refractivity (Wildman–Crippen MR) is 45.0 cm³/mol. The number of nitrogens with one attached hydrogen (secondary N) is 1. The Kier molecular flexibility index (Phi) is 3.20. The fourth-order valence-electron chi connectivity index (χ4n) is 1.65. The van der Waals surface area contributed by atoms with E-state index in [0.717, 1.165) is 11.8 Å². The Morgan fingerprint density at radius 3 is 2.90 bits per heavy atom. The third-order valence-electron chi connectivity index (χ3n) is 2.60. The third-order valence-corrected chi connectivity index (χ3v) is 2.60. The smallest absolute Gasteiger partial charge is 0.00199 e. The predicted octanol–water partition coefficient (Wildman–Crippen LogP) is 2.03. The molecule has 1 N–H and O–H groups in total. The Balaban J connectivity index is 2.11. The van der Waals surface area contributed by atoms with E-state index in [2.05, 4.69) is 19.2 Å². The Morgan fingerprint density at radius 1 is 1.60 bits per heavy atom. The first-order valence-electron chi connectivity index (χ1n) is 4.53. The number of rotatable bonds is 3. The molecule has 0 unspecified atom stereocenters. The molecule has 1 heterocycles. The SMILES string of the molecule is CC[C@H](C)C[C@H]1CCNC1. The summed E-state index contributed by atoms with van der Waals surface area (Å²) in [6.45, 7) is 7.16. The maximum absolute atomic E-state index is 3.40. The van der Waals surface area contributed by atoms with Crippen molar-refractivity contribution in [2.45, 2.75) is 33.1 Å². The van der Waals surface area contributed by atoms with Crippen LogP contribution in [-0.4, -0.2) is 13.1 Å². The summed E-state index contributed by atoms with van der Waals surface area (Å²) < 4.78 is 0. The minimum Gasteiger partial charge on any atom is -0.316 e. The highest BCUT2D eigenvalue weighted by Crippen LogP contribution is 2.19. The van der Waals surface area contributed by atoms with Crippen molar-refractivity contribution in [3.63, 3.8) is 0 Å². The molecule has 1 aliphatic heterocycles. The van der Waals surface area contributed by atoms with Crippen LogP contribution in [0.3, 0.4) is 0 Å². The molecule has 1 rings (SSSR count). The summed E-state index contributed by atoms with van der Waals surface area (Å²) in [5.74, 6) is 1.92. The lowest BCUT2D eigenvalue weighted by atomic mass is 9.94. The summed E-state index contributed by atoms with van der Waals surface area (Å²) in [7, 11) is 0. The minimum atomic E-state index is 0.935. The van der Waals surface area contributed by atoms with Crippen LogP contribution < -0.4 is 5.32 Å². The molecule has 0 aliphatic carbocycles. The van der Waals surface area contributed by atoms with Gasteiger partial charge in [-0.2, -0.15) is 0 Å². The fraction of sp³-hybridized carbons (Fsp3) is 1.00. The molecule has 1 saturated heterocycles. The van der Waals surface area contributed by atoms with Gasteiger partial charge in [-0.15, -0.1) is 0 Å². The van der Waals surface area contributed by atoms with E-state index in [9.17, 15) is 0 Å². The van der Waals surface area contributed by atoms with Crippen molar-refractivity contribution >= 4 is 0 Å². The average molecular weight is 141 g/mol. The quantitative estimate of drug-likeness (QED) is 0.634. The molecule has 0 amide bonds. The lowest BCUT2D eigenvalue weighted by molar-refractivity contribution is 0.405. The van der Waals surface area contributed by atoms with Gasteiger partial charge in [-0.3, -0.25) is 0 Å². The van der Waals surface area contributed by atoms with Crippen LogP contribution in [0, 0.1) is 11.8 Å². The summed E-state index contributed by atoms with van der Waals surface area (Å²) in [6.07, 6.45) is 4.18. The molecular weight excluding hydrogens is 122 g/mol. The normalized spacial score (nSPS) is 28.8. The maximum Gasteiger partial charge on any atom is -0.00199 e. The second-order valence-electron chi connectivity index (χ2n) is 3.61. The van der Waals surface area contributed by atoms with Crippen LogP contribution in [0.4, 0.5) is 0 Å². The lowest BCUT2D eigenvalue weighted by Crippen LogP contribution is -2.11. The van der Waals surface area contributed by atoms with E-state index in [0.29, 0.717) is 0 Å². The van der Waals surface area contributed by atoms with Gasteiger partial charge >= 0.3 is 0 Å². The van der Waals surface area contributed by atoms with Crippen molar-refractivity contribution in [2.75, 3.05) is 13.1 Å². The van der Waals surface area contributed by atoms with Gasteiger partial charge in [-0.25, -0.2) is 0 Å². The van der Waals surface area contributed by atoms with Gasteiger partial charge in [-0.1, -0.05) is 20.3 Å². The molecule has 1 fully saturated rings. The maximum atomic E-state index is 3.40. The van der Waals surface area contributed by atoms with Crippen LogP contribution >= 0.6 is 0 Å². The van der Waals surface area contributed by atoms with Crippen LogP contribution in [0.15, 0.2) is 0 Å². The minimum absolute atomic E-state index is 0.935. The summed E-state index contributed by atoms with van der Waals surface area (Å²) in [5, 5.41) is 3.40. The van der Waals surface area contributed by atoms with Gasteiger partial charge in [0.25, 0.3) is 0 Å². The monoisotopic (exact) mass is 141 g/mol. The second-order valence-corrected chi connectivity index (χ2v) is 3.61. The molecule has 1 nitrogen and oxygen atoms in total. The Hall–Kier alpha value is -0.0400. The molecule has 2 atom stereocenters. The van der Waals surface area contributed by atoms with Crippen LogP contribution in [0.5, 0.6) is 0 Å². The van der Waals surface area contributed by atoms with E-state index < -0.39 is 0 Å². The zero-order valence-corrected chi connectivity index (χ0v) is 7.19. The van der Waals surface area contributed by atoms with Crippen molar-refractivity contribution in [1.82, 2.24) is 5.32 Å². The first-order chi connectivity index (χ1) is 4.83. The van der Waals surface area contributed by atoms with Gasteiger partial charge in [0.15, 0.2) is 0 Å². The topological polar surface area (TPSA) is 12.0 Å². The highest BCUT2D eigenvalue weighted by atomic mass is 14.9. The van der Waals surface area contributed by atoms with E-state index in [1.54, 1.807) is 0 Å². The van der Waals surface area contributed by atoms with Gasteiger partial charge in [0.1, 0.15) is 0 Å². The molecule has 0 aromatic carbocycles. The van der Waals surface area contributed by atoms with Crippen LogP contribution in [0.2, 0.25) is 0 Å². The van der Waals surface area contributed by atoms with Gasteiger partial charge in [0, 0.05) is 0 Å². The molecule has 0 aromatic rings. The van der Waals surface area contributed by atoms with E-state index in [4.69, 9.17) is 0 Å². The Labute approximate surface area is 64.2 Å². The van der Waals surface area contributed by atoms with Crippen LogP contribution in [-0.2, 0) is 0 Å². The molecule has 10 heavy (non-hydrogen) atoms. The van der Waals surface area contributed by atoms with Crippen molar-refractivity contribution in [3.8, 4) is 0 Å².